The van der Waals surface area contributed by atoms with Gasteiger partial charge in [0.1, 0.15) is 11.8 Å². The van der Waals surface area contributed by atoms with E-state index < -0.39 is 0 Å². The molecule has 0 unspecified atom stereocenters. The smallest absolute Gasteiger partial charge is 0.244 e. The molecule has 1 amide bonds. The minimum atomic E-state index is -0.295. The summed E-state index contributed by atoms with van der Waals surface area (Å²) in [6, 6.07) is 24.7. The van der Waals surface area contributed by atoms with Crippen molar-refractivity contribution in [2.75, 3.05) is 0 Å². The van der Waals surface area contributed by atoms with E-state index in [-0.39, 0.29) is 17.4 Å². The zero-order valence-electron chi connectivity index (χ0n) is 16.5. The number of fused-ring (bicyclic) bond motifs is 1. The van der Waals surface area contributed by atoms with E-state index in [1.807, 2.05) is 73.7 Å². The van der Waals surface area contributed by atoms with E-state index >= 15 is 0 Å². The van der Waals surface area contributed by atoms with Gasteiger partial charge in [0, 0.05) is 6.08 Å². The second kappa shape index (κ2) is 8.62. The second-order valence-corrected chi connectivity index (χ2v) is 7.12. The molecule has 148 valence electrons. The van der Waals surface area contributed by atoms with Crippen LogP contribution in [0.4, 0.5) is 0 Å². The Hall–Kier alpha value is -3.92. The van der Waals surface area contributed by atoms with Crippen LogP contribution in [0.3, 0.4) is 0 Å². The van der Waals surface area contributed by atoms with E-state index in [1.165, 1.54) is 18.4 Å². The molecule has 0 fully saturated rings. The number of carbonyl (C=O) groups is 1. The Bertz CT molecular complexity index is 1220. The van der Waals surface area contributed by atoms with Gasteiger partial charge < -0.3 is 9.73 Å². The van der Waals surface area contributed by atoms with Crippen LogP contribution in [0.1, 0.15) is 28.3 Å². The quantitative estimate of drug-likeness (QED) is 0.483. The molecule has 1 aromatic heterocycles. The average Bonchev–Trinajstić information content (AvgIpc) is 2.78. The van der Waals surface area contributed by atoms with Crippen LogP contribution in [-0.2, 0) is 4.79 Å². The molecule has 0 aliphatic rings. The lowest BCUT2D eigenvalue weighted by atomic mass is 9.98. The fourth-order valence-electron chi connectivity index (χ4n) is 3.38. The molecule has 4 heteroatoms. The first-order chi connectivity index (χ1) is 14.6. The van der Waals surface area contributed by atoms with Crippen LogP contribution in [0, 0.1) is 6.92 Å². The number of benzene rings is 3. The number of aryl methyl sites for hydroxylation is 1. The number of hydrogen-bond acceptors (Lipinski definition) is 3. The van der Waals surface area contributed by atoms with E-state index in [0.717, 1.165) is 16.7 Å². The third kappa shape index (κ3) is 4.23. The highest BCUT2D eigenvalue weighted by Crippen LogP contribution is 2.21. The summed E-state index contributed by atoms with van der Waals surface area (Å²) < 4.78 is 5.55. The third-order valence-corrected chi connectivity index (χ3v) is 4.92. The Morgan fingerprint density at radius 1 is 0.933 bits per heavy atom. The molecule has 30 heavy (non-hydrogen) atoms. The van der Waals surface area contributed by atoms with Crippen LogP contribution in [0.2, 0.25) is 0 Å². The molecule has 0 spiro atoms. The van der Waals surface area contributed by atoms with Gasteiger partial charge in [-0.2, -0.15) is 0 Å². The number of rotatable bonds is 5. The van der Waals surface area contributed by atoms with Gasteiger partial charge in [0.25, 0.3) is 0 Å². The lowest BCUT2D eigenvalue weighted by molar-refractivity contribution is -0.116. The molecule has 0 bridgehead atoms. The van der Waals surface area contributed by atoms with Crippen LogP contribution in [0.5, 0.6) is 0 Å². The number of hydrogen-bond donors (Lipinski definition) is 1. The highest BCUT2D eigenvalue weighted by molar-refractivity contribution is 5.92. The minimum absolute atomic E-state index is 0.160. The first-order valence-corrected chi connectivity index (χ1v) is 9.72. The molecule has 0 saturated heterocycles. The maximum absolute atomic E-state index is 12.7. The molecule has 3 aromatic carbocycles. The maximum Gasteiger partial charge on any atom is 0.244 e. The first-order valence-electron chi connectivity index (χ1n) is 9.72. The van der Waals surface area contributed by atoms with Gasteiger partial charge in [0.2, 0.25) is 5.91 Å². The van der Waals surface area contributed by atoms with Gasteiger partial charge in [0.15, 0.2) is 5.43 Å². The summed E-state index contributed by atoms with van der Waals surface area (Å²) in [5, 5.41) is 3.53. The van der Waals surface area contributed by atoms with Gasteiger partial charge in [-0.3, -0.25) is 9.59 Å². The molecule has 4 nitrogen and oxygen atoms in total. The van der Waals surface area contributed by atoms with Gasteiger partial charge in [-0.25, -0.2) is 0 Å². The van der Waals surface area contributed by atoms with Crippen molar-refractivity contribution in [3.05, 3.63) is 124 Å². The van der Waals surface area contributed by atoms with E-state index in [0.29, 0.717) is 16.5 Å². The molecule has 0 aliphatic heterocycles. The van der Waals surface area contributed by atoms with Crippen molar-refractivity contribution in [2.24, 2.45) is 0 Å². The Labute approximate surface area is 174 Å². The summed E-state index contributed by atoms with van der Waals surface area (Å²) in [6.07, 6.45) is 4.25. The number of nitrogens with one attached hydrogen (secondary N) is 1. The standard InChI is InChI=1S/C26H21NO3/c1-18-12-14-23-22(16-18)26(29)21(17-30-23)13-15-24(28)27-25(19-8-4-2-5-9-19)20-10-6-3-7-11-20/h2-17,25H,1H3,(H,27,28)/b15-13+. The van der Waals surface area contributed by atoms with Crippen molar-refractivity contribution in [3.8, 4) is 0 Å². The van der Waals surface area contributed by atoms with E-state index in [1.54, 1.807) is 12.1 Å². The van der Waals surface area contributed by atoms with E-state index in [4.69, 9.17) is 4.42 Å². The minimum Gasteiger partial charge on any atom is -0.463 e. The molecule has 0 saturated carbocycles. The van der Waals surface area contributed by atoms with Gasteiger partial charge in [0.05, 0.1) is 17.0 Å². The van der Waals surface area contributed by atoms with Crippen LogP contribution < -0.4 is 10.7 Å². The zero-order chi connectivity index (χ0) is 20.9. The first kappa shape index (κ1) is 19.4. The molecule has 0 radical (unpaired) electrons. The van der Waals surface area contributed by atoms with Gasteiger partial charge in [-0.1, -0.05) is 72.3 Å². The lowest BCUT2D eigenvalue weighted by Gasteiger charge is -2.19. The van der Waals surface area contributed by atoms with Crippen molar-refractivity contribution >= 4 is 23.0 Å². The van der Waals surface area contributed by atoms with Crippen LogP contribution in [0.25, 0.3) is 17.0 Å². The fourth-order valence-corrected chi connectivity index (χ4v) is 3.38. The van der Waals surface area contributed by atoms with Crippen LogP contribution >= 0.6 is 0 Å². The fraction of sp³-hybridized carbons (Fsp3) is 0.0769. The Morgan fingerprint density at radius 2 is 1.57 bits per heavy atom. The molecule has 4 rings (SSSR count). The molecule has 0 atom stereocenters. The normalized spacial score (nSPS) is 11.3. The van der Waals surface area contributed by atoms with Crippen molar-refractivity contribution in [1.29, 1.82) is 0 Å². The second-order valence-electron chi connectivity index (χ2n) is 7.12. The number of carbonyl (C=O) groups excluding carboxylic acids is 1. The Morgan fingerprint density at radius 3 is 2.20 bits per heavy atom. The summed E-state index contributed by atoms with van der Waals surface area (Å²) >= 11 is 0. The van der Waals surface area contributed by atoms with Crippen molar-refractivity contribution < 1.29 is 9.21 Å². The highest BCUT2D eigenvalue weighted by atomic mass is 16.3. The monoisotopic (exact) mass is 395 g/mol. The van der Waals surface area contributed by atoms with Crippen molar-refractivity contribution in [3.63, 3.8) is 0 Å². The van der Waals surface area contributed by atoms with E-state index in [2.05, 4.69) is 5.32 Å². The van der Waals surface area contributed by atoms with Crippen molar-refractivity contribution in [2.45, 2.75) is 13.0 Å². The molecule has 4 aromatic rings. The highest BCUT2D eigenvalue weighted by Gasteiger charge is 2.15. The largest absolute Gasteiger partial charge is 0.463 e. The topological polar surface area (TPSA) is 59.3 Å². The van der Waals surface area contributed by atoms with Crippen LogP contribution in [-0.4, -0.2) is 5.91 Å². The van der Waals surface area contributed by atoms with Crippen molar-refractivity contribution in [1.82, 2.24) is 5.32 Å². The maximum atomic E-state index is 12.7. The third-order valence-electron chi connectivity index (χ3n) is 4.92. The molecule has 0 aliphatic carbocycles. The SMILES string of the molecule is Cc1ccc2occ(/C=C/C(=O)NC(c3ccccc3)c3ccccc3)c(=O)c2c1. The summed E-state index contributed by atoms with van der Waals surface area (Å²) in [4.78, 5) is 25.4. The molecular weight excluding hydrogens is 374 g/mol. The predicted molar refractivity (Wildman–Crippen MR) is 119 cm³/mol. The summed E-state index contributed by atoms with van der Waals surface area (Å²) in [7, 11) is 0. The Kier molecular flexibility index (Phi) is 5.57. The van der Waals surface area contributed by atoms with Gasteiger partial charge in [-0.05, 0) is 36.3 Å². The lowest BCUT2D eigenvalue weighted by Crippen LogP contribution is -2.27. The Balaban J connectivity index is 1.60. The van der Waals surface area contributed by atoms with Gasteiger partial charge >= 0.3 is 0 Å². The summed E-state index contributed by atoms with van der Waals surface area (Å²) in [5.41, 5.74) is 3.63. The van der Waals surface area contributed by atoms with Crippen LogP contribution in [0.15, 0.2) is 100 Å². The molecular formula is C26H21NO3. The average molecular weight is 395 g/mol. The summed E-state index contributed by atoms with van der Waals surface area (Å²) in [5.74, 6) is -0.295. The number of amides is 1. The summed E-state index contributed by atoms with van der Waals surface area (Å²) in [6.45, 7) is 1.92. The predicted octanol–water partition coefficient (Wildman–Crippen LogP) is 5.02. The van der Waals surface area contributed by atoms with E-state index in [9.17, 15) is 9.59 Å². The zero-order valence-corrected chi connectivity index (χ0v) is 16.5. The molecule has 1 N–H and O–H groups in total. The van der Waals surface area contributed by atoms with Gasteiger partial charge in [-0.15, -0.1) is 0 Å². The molecule has 1 heterocycles.